The third kappa shape index (κ3) is 2.32. The lowest BCUT2D eigenvalue weighted by molar-refractivity contribution is 0.512. The van der Waals surface area contributed by atoms with Gasteiger partial charge in [0.25, 0.3) is 0 Å². The second-order valence-electron chi connectivity index (χ2n) is 5.64. The minimum Gasteiger partial charge on any atom is -0.242 e. The third-order valence-corrected chi connectivity index (χ3v) is 3.21. The molecule has 0 spiro atoms. The molecule has 0 unspecified atom stereocenters. The Labute approximate surface area is 89.4 Å². The number of hydrogen-bond acceptors (Lipinski definition) is 2. The van der Waals surface area contributed by atoms with E-state index in [1.165, 1.54) is 11.3 Å². The zero-order chi connectivity index (χ0) is 11.1. The molecule has 0 aromatic carbocycles. The van der Waals surface area contributed by atoms with Gasteiger partial charge in [-0.05, 0) is 0 Å². The summed E-state index contributed by atoms with van der Waals surface area (Å²) in [4.78, 5) is 4.40. The molecule has 1 aromatic rings. The van der Waals surface area contributed by atoms with Crippen LogP contribution in [0.15, 0.2) is 0 Å². The van der Waals surface area contributed by atoms with Gasteiger partial charge in [0.2, 0.25) is 0 Å². The molecule has 0 aliphatic heterocycles. The van der Waals surface area contributed by atoms with E-state index in [1.54, 1.807) is 0 Å². The first kappa shape index (κ1) is 11.6. The number of rotatable bonds is 0. The highest BCUT2D eigenvalue weighted by molar-refractivity contribution is 7.10. The third-order valence-electron chi connectivity index (χ3n) is 1.94. The molecule has 0 aliphatic carbocycles. The van der Waals surface area contributed by atoms with Crippen molar-refractivity contribution in [2.75, 3.05) is 0 Å². The summed E-state index contributed by atoms with van der Waals surface area (Å²) in [6, 6.07) is 0. The van der Waals surface area contributed by atoms with E-state index in [9.17, 15) is 4.39 Å². The number of nitrogens with zero attached hydrogens (tertiary/aromatic N) is 1. The van der Waals surface area contributed by atoms with E-state index >= 15 is 0 Å². The largest absolute Gasteiger partial charge is 0.242 e. The number of halogens is 1. The fourth-order valence-corrected chi connectivity index (χ4v) is 2.15. The van der Waals surface area contributed by atoms with Crippen molar-refractivity contribution in [1.82, 2.24) is 4.98 Å². The molecular formula is C11H18FNS. The van der Waals surface area contributed by atoms with Crippen LogP contribution in [-0.4, -0.2) is 4.98 Å². The number of hydrogen-bond donors (Lipinski definition) is 0. The van der Waals surface area contributed by atoms with Gasteiger partial charge in [0.15, 0.2) is 5.13 Å². The van der Waals surface area contributed by atoms with Gasteiger partial charge in [-0.3, -0.25) is 0 Å². The predicted octanol–water partition coefficient (Wildman–Crippen LogP) is 3.88. The van der Waals surface area contributed by atoms with E-state index in [4.69, 9.17) is 0 Å². The Morgan fingerprint density at radius 1 is 1.00 bits per heavy atom. The summed E-state index contributed by atoms with van der Waals surface area (Å²) in [5.41, 5.74) is 0.325. The van der Waals surface area contributed by atoms with Crippen LogP contribution in [0.3, 0.4) is 0 Å². The van der Waals surface area contributed by atoms with Crippen molar-refractivity contribution >= 4 is 11.3 Å². The Morgan fingerprint density at radius 3 is 1.71 bits per heavy atom. The van der Waals surface area contributed by atoms with Crippen molar-refractivity contribution < 1.29 is 4.39 Å². The van der Waals surface area contributed by atoms with Crippen LogP contribution in [0.25, 0.3) is 0 Å². The maximum Gasteiger partial charge on any atom is 0.200 e. The summed E-state index contributed by atoms with van der Waals surface area (Å²) in [6.07, 6.45) is 0. The maximum absolute atomic E-state index is 13.6. The topological polar surface area (TPSA) is 12.9 Å². The summed E-state index contributed by atoms with van der Waals surface area (Å²) in [5, 5.41) is 0.738. The zero-order valence-electron chi connectivity index (χ0n) is 9.73. The smallest absolute Gasteiger partial charge is 0.200 e. The molecule has 0 aliphatic rings. The Morgan fingerprint density at radius 2 is 1.50 bits per heavy atom. The van der Waals surface area contributed by atoms with Crippen molar-refractivity contribution in [3.05, 3.63) is 15.8 Å². The van der Waals surface area contributed by atoms with Crippen LogP contribution >= 0.6 is 11.3 Å². The first-order valence-corrected chi connectivity index (χ1v) is 5.61. The lowest BCUT2D eigenvalue weighted by Crippen LogP contribution is -2.15. The van der Waals surface area contributed by atoms with Crippen molar-refractivity contribution in [3.8, 4) is 0 Å². The standard InChI is InChI=1S/C11H18FNS/c1-10(2,3)7-8(12)14-9(13-7)11(4,5)6/h1-6H3. The summed E-state index contributed by atoms with van der Waals surface area (Å²) >= 11 is 1.17. The van der Waals surface area contributed by atoms with Crippen LogP contribution in [0.2, 0.25) is 0 Å². The van der Waals surface area contributed by atoms with Gasteiger partial charge in [-0.1, -0.05) is 52.9 Å². The van der Waals surface area contributed by atoms with Crippen molar-refractivity contribution in [1.29, 1.82) is 0 Å². The molecule has 0 radical (unpaired) electrons. The monoisotopic (exact) mass is 215 g/mol. The van der Waals surface area contributed by atoms with Crippen LogP contribution in [0.4, 0.5) is 4.39 Å². The average Bonchev–Trinajstić information content (AvgIpc) is 2.27. The molecule has 0 atom stereocenters. The number of aromatic nitrogens is 1. The molecule has 0 N–H and O–H groups in total. The Bertz CT molecular complexity index is 328. The number of thiazole rings is 1. The normalized spacial score (nSPS) is 13.4. The first-order chi connectivity index (χ1) is 6.12. The maximum atomic E-state index is 13.6. The van der Waals surface area contributed by atoms with Gasteiger partial charge in [0.05, 0.1) is 5.69 Å². The van der Waals surface area contributed by atoms with E-state index < -0.39 is 0 Å². The van der Waals surface area contributed by atoms with Gasteiger partial charge < -0.3 is 0 Å². The van der Waals surface area contributed by atoms with Crippen molar-refractivity contribution in [3.63, 3.8) is 0 Å². The SMILES string of the molecule is CC(C)(C)c1nc(C(C)(C)C)c(F)s1. The summed E-state index contributed by atoms with van der Waals surface area (Å²) in [7, 11) is 0. The molecule has 0 fully saturated rings. The van der Waals surface area contributed by atoms with Gasteiger partial charge in [-0.25, -0.2) is 4.98 Å². The van der Waals surface area contributed by atoms with Crippen LogP contribution in [0, 0.1) is 5.13 Å². The van der Waals surface area contributed by atoms with Crippen LogP contribution in [-0.2, 0) is 10.8 Å². The van der Waals surface area contributed by atoms with Crippen molar-refractivity contribution in [2.24, 2.45) is 0 Å². The molecule has 0 bridgehead atoms. The van der Waals surface area contributed by atoms with E-state index in [2.05, 4.69) is 25.8 Å². The van der Waals surface area contributed by atoms with Crippen LogP contribution in [0.1, 0.15) is 52.2 Å². The fourth-order valence-electron chi connectivity index (χ4n) is 1.08. The molecule has 0 amide bonds. The second kappa shape index (κ2) is 3.30. The van der Waals surface area contributed by atoms with E-state index in [-0.39, 0.29) is 16.0 Å². The molecular weight excluding hydrogens is 197 g/mol. The van der Waals surface area contributed by atoms with E-state index in [0.717, 1.165) is 5.01 Å². The minimum absolute atomic E-state index is 0.0605. The molecule has 1 heterocycles. The molecule has 1 rings (SSSR count). The predicted molar refractivity (Wildman–Crippen MR) is 59.5 cm³/mol. The quantitative estimate of drug-likeness (QED) is 0.640. The molecule has 3 heteroatoms. The summed E-state index contributed by atoms with van der Waals surface area (Å²) in [5.74, 6) is 0. The molecule has 1 nitrogen and oxygen atoms in total. The van der Waals surface area contributed by atoms with Crippen molar-refractivity contribution in [2.45, 2.75) is 52.4 Å². The second-order valence-corrected chi connectivity index (χ2v) is 6.59. The molecule has 14 heavy (non-hydrogen) atoms. The molecule has 1 aromatic heterocycles. The van der Waals surface area contributed by atoms with Gasteiger partial charge in [0, 0.05) is 10.8 Å². The minimum atomic E-state index is -0.204. The first-order valence-electron chi connectivity index (χ1n) is 4.79. The lowest BCUT2D eigenvalue weighted by atomic mass is 9.92. The van der Waals surface area contributed by atoms with Crippen LogP contribution < -0.4 is 0 Å². The van der Waals surface area contributed by atoms with E-state index in [1.807, 2.05) is 20.8 Å². The highest BCUT2D eigenvalue weighted by atomic mass is 32.1. The fraction of sp³-hybridized carbons (Fsp3) is 0.727. The Hall–Kier alpha value is -0.440. The summed E-state index contributed by atoms with van der Waals surface area (Å²) < 4.78 is 13.6. The van der Waals surface area contributed by atoms with Gasteiger partial charge >= 0.3 is 0 Å². The zero-order valence-corrected chi connectivity index (χ0v) is 10.5. The van der Waals surface area contributed by atoms with Crippen LogP contribution in [0.5, 0.6) is 0 Å². The molecule has 0 saturated carbocycles. The summed E-state index contributed by atoms with van der Waals surface area (Å²) in [6.45, 7) is 12.1. The molecule has 0 saturated heterocycles. The van der Waals surface area contributed by atoms with Gasteiger partial charge in [-0.15, -0.1) is 0 Å². The lowest BCUT2D eigenvalue weighted by Gasteiger charge is -2.16. The molecule has 80 valence electrons. The van der Waals surface area contributed by atoms with Gasteiger partial charge in [-0.2, -0.15) is 4.39 Å². The highest BCUT2D eigenvalue weighted by Gasteiger charge is 2.27. The highest BCUT2D eigenvalue weighted by Crippen LogP contribution is 2.33. The average molecular weight is 215 g/mol. The Balaban J connectivity index is 3.19. The van der Waals surface area contributed by atoms with Gasteiger partial charge in [0.1, 0.15) is 5.01 Å². The Kier molecular flexibility index (Phi) is 2.74. The van der Waals surface area contributed by atoms with E-state index in [0.29, 0.717) is 5.69 Å².